The predicted octanol–water partition coefficient (Wildman–Crippen LogP) is -1.76. The van der Waals surface area contributed by atoms with Gasteiger partial charge in [0.2, 0.25) is 20.0 Å². The zero-order valence-electron chi connectivity index (χ0n) is 19.5. The lowest BCUT2D eigenvalue weighted by atomic mass is 10.4. The molecule has 192 valence electrons. The standard InChI is InChI=1S/C18H41N4O8S2/c1-22(2,11-13-30-15-14-29-12-6-18(23)28-3)10-9-21-32(26,27)17-5-8-20-31(24,25)16-4-7-19/h20-21H,4-17,19H2,1-3H3/q+1. The SMILES string of the molecule is COC(=O)CCOCCOCC[N+](C)(C)CCNS(=O)(=O)CCCNS(=O)(=O)CCCN. The third-order valence-electron chi connectivity index (χ3n) is 4.46. The van der Waals surface area contributed by atoms with Crippen molar-refractivity contribution in [1.82, 2.24) is 9.44 Å². The monoisotopic (exact) mass is 505 g/mol. The first kappa shape index (κ1) is 31.1. The zero-order chi connectivity index (χ0) is 24.5. The van der Waals surface area contributed by atoms with Gasteiger partial charge in [0, 0.05) is 6.54 Å². The third kappa shape index (κ3) is 18.7. The minimum absolute atomic E-state index is 0.0619. The molecule has 0 aromatic carbocycles. The average molecular weight is 506 g/mol. The number of methoxy groups -OCH3 is 1. The lowest BCUT2D eigenvalue weighted by molar-refractivity contribution is -0.889. The smallest absolute Gasteiger partial charge is 0.307 e. The molecule has 0 aliphatic rings. The summed E-state index contributed by atoms with van der Waals surface area (Å²) in [6.07, 6.45) is 0.755. The number of hydrogen-bond acceptors (Lipinski definition) is 9. The number of nitrogens with two attached hydrogens (primary N) is 1. The Bertz CT molecular complexity index is 714. The molecule has 0 spiro atoms. The normalized spacial score (nSPS) is 12.8. The van der Waals surface area contributed by atoms with Crippen molar-refractivity contribution < 1.29 is 40.3 Å². The number of esters is 1. The molecule has 0 aliphatic carbocycles. The van der Waals surface area contributed by atoms with E-state index in [9.17, 15) is 21.6 Å². The van der Waals surface area contributed by atoms with Gasteiger partial charge >= 0.3 is 5.97 Å². The summed E-state index contributed by atoms with van der Waals surface area (Å²) in [5.41, 5.74) is 5.29. The lowest BCUT2D eigenvalue weighted by Crippen LogP contribution is -2.47. The maximum absolute atomic E-state index is 12.1. The summed E-state index contributed by atoms with van der Waals surface area (Å²) in [7, 11) is -1.61. The van der Waals surface area contributed by atoms with Crippen LogP contribution in [0.2, 0.25) is 0 Å². The molecule has 0 amide bonds. The van der Waals surface area contributed by atoms with Crippen molar-refractivity contribution in [2.75, 3.05) is 91.9 Å². The van der Waals surface area contributed by atoms with Crippen LogP contribution >= 0.6 is 0 Å². The Morgan fingerprint density at radius 1 is 0.844 bits per heavy atom. The Kier molecular flexibility index (Phi) is 16.2. The van der Waals surface area contributed by atoms with Gasteiger partial charge in [-0.2, -0.15) is 0 Å². The number of likely N-dealkylation sites (N-methyl/N-ethyl adjacent to an activating group) is 1. The topological polar surface area (TPSA) is 163 Å². The fourth-order valence-electron chi connectivity index (χ4n) is 2.41. The highest BCUT2D eigenvalue weighted by Gasteiger charge is 2.17. The third-order valence-corrected chi connectivity index (χ3v) is 7.40. The molecule has 0 fully saturated rings. The summed E-state index contributed by atoms with van der Waals surface area (Å²) in [5, 5.41) is 0. The number of quaternary nitrogens is 1. The van der Waals surface area contributed by atoms with Crippen LogP contribution in [0.5, 0.6) is 0 Å². The molecule has 0 saturated heterocycles. The fraction of sp³-hybridized carbons (Fsp3) is 0.944. The quantitative estimate of drug-likeness (QED) is 0.0931. The Hall–Kier alpha value is -0.870. The molecule has 0 aromatic rings. The number of nitrogens with zero attached hydrogens (tertiary/aromatic N) is 1. The Balaban J connectivity index is 3.89. The van der Waals surface area contributed by atoms with Gasteiger partial charge in [0.15, 0.2) is 0 Å². The van der Waals surface area contributed by atoms with Gasteiger partial charge in [-0.1, -0.05) is 0 Å². The molecule has 0 aromatic heterocycles. The minimum atomic E-state index is -3.48. The molecular weight excluding hydrogens is 464 g/mol. The van der Waals surface area contributed by atoms with E-state index in [-0.39, 0.29) is 56.6 Å². The average Bonchev–Trinajstić information content (AvgIpc) is 2.71. The number of sulfonamides is 2. The molecule has 14 heteroatoms. The number of hydrogen-bond donors (Lipinski definition) is 3. The van der Waals surface area contributed by atoms with Crippen LogP contribution in [0.25, 0.3) is 0 Å². The number of nitrogens with one attached hydrogen (secondary N) is 2. The van der Waals surface area contributed by atoms with E-state index in [1.807, 2.05) is 14.1 Å². The largest absolute Gasteiger partial charge is 0.469 e. The number of carbonyl (C=O) groups excluding carboxylic acids is 1. The Morgan fingerprint density at radius 3 is 2.00 bits per heavy atom. The molecule has 0 aliphatic heterocycles. The highest BCUT2D eigenvalue weighted by molar-refractivity contribution is 7.89. The molecule has 0 unspecified atom stereocenters. The first-order valence-corrected chi connectivity index (χ1v) is 13.9. The molecule has 0 heterocycles. The summed E-state index contributed by atoms with van der Waals surface area (Å²) in [6.45, 7) is 3.46. The molecule has 12 nitrogen and oxygen atoms in total. The summed E-state index contributed by atoms with van der Waals surface area (Å²) in [4.78, 5) is 10.9. The van der Waals surface area contributed by atoms with E-state index >= 15 is 0 Å². The van der Waals surface area contributed by atoms with Crippen molar-refractivity contribution in [2.45, 2.75) is 19.3 Å². The van der Waals surface area contributed by atoms with Crippen LogP contribution in [0, 0.1) is 0 Å². The van der Waals surface area contributed by atoms with E-state index in [0.29, 0.717) is 43.8 Å². The predicted molar refractivity (Wildman–Crippen MR) is 122 cm³/mol. The van der Waals surface area contributed by atoms with E-state index in [1.54, 1.807) is 0 Å². The number of ether oxygens (including phenoxy) is 3. The second-order valence-corrected chi connectivity index (χ2v) is 11.7. The van der Waals surface area contributed by atoms with Gasteiger partial charge in [-0.05, 0) is 19.4 Å². The summed E-state index contributed by atoms with van der Waals surface area (Å²) < 4.78 is 68.2. The fourth-order valence-corrected chi connectivity index (χ4v) is 4.63. The Morgan fingerprint density at radius 2 is 1.41 bits per heavy atom. The van der Waals surface area contributed by atoms with Crippen molar-refractivity contribution in [3.8, 4) is 0 Å². The van der Waals surface area contributed by atoms with Crippen LogP contribution in [0.4, 0.5) is 0 Å². The van der Waals surface area contributed by atoms with Crippen molar-refractivity contribution in [2.24, 2.45) is 5.73 Å². The van der Waals surface area contributed by atoms with Crippen LogP contribution in [0.15, 0.2) is 0 Å². The summed E-state index contributed by atoms with van der Waals surface area (Å²) >= 11 is 0. The van der Waals surface area contributed by atoms with E-state index < -0.39 is 20.0 Å². The molecule has 4 N–H and O–H groups in total. The maximum atomic E-state index is 12.1. The maximum Gasteiger partial charge on any atom is 0.307 e. The van der Waals surface area contributed by atoms with Gasteiger partial charge in [-0.15, -0.1) is 0 Å². The van der Waals surface area contributed by atoms with E-state index in [1.165, 1.54) is 7.11 Å². The highest BCUT2D eigenvalue weighted by Crippen LogP contribution is 1.98. The van der Waals surface area contributed by atoms with Crippen molar-refractivity contribution in [3.63, 3.8) is 0 Å². The van der Waals surface area contributed by atoms with Crippen molar-refractivity contribution >= 4 is 26.0 Å². The highest BCUT2D eigenvalue weighted by atomic mass is 32.2. The first-order chi connectivity index (χ1) is 14.9. The van der Waals surface area contributed by atoms with Crippen LogP contribution in [0.1, 0.15) is 19.3 Å². The van der Waals surface area contributed by atoms with E-state index in [4.69, 9.17) is 15.2 Å². The molecule has 32 heavy (non-hydrogen) atoms. The van der Waals surface area contributed by atoms with Gasteiger partial charge < -0.3 is 24.4 Å². The second kappa shape index (κ2) is 16.7. The van der Waals surface area contributed by atoms with Gasteiger partial charge in [-0.25, -0.2) is 26.3 Å². The van der Waals surface area contributed by atoms with Gasteiger partial charge in [0.25, 0.3) is 0 Å². The second-order valence-electron chi connectivity index (χ2n) is 7.86. The molecule has 0 atom stereocenters. The lowest BCUT2D eigenvalue weighted by Gasteiger charge is -2.29. The summed E-state index contributed by atoms with van der Waals surface area (Å²) in [6, 6.07) is 0. The van der Waals surface area contributed by atoms with Gasteiger partial charge in [-0.3, -0.25) is 4.79 Å². The van der Waals surface area contributed by atoms with Crippen molar-refractivity contribution in [1.29, 1.82) is 0 Å². The molecule has 0 saturated carbocycles. The molecule has 0 rings (SSSR count). The first-order valence-electron chi connectivity index (χ1n) is 10.6. The Labute approximate surface area is 192 Å². The van der Waals surface area contributed by atoms with E-state index in [0.717, 1.165) is 0 Å². The molecular formula is C18H41N4O8S2+. The minimum Gasteiger partial charge on any atom is -0.469 e. The van der Waals surface area contributed by atoms with Crippen LogP contribution < -0.4 is 15.2 Å². The van der Waals surface area contributed by atoms with Gasteiger partial charge in [0.05, 0.1) is 78.6 Å². The van der Waals surface area contributed by atoms with Crippen molar-refractivity contribution in [3.05, 3.63) is 0 Å². The molecule has 0 radical (unpaired) electrons. The van der Waals surface area contributed by atoms with Crippen LogP contribution in [0.3, 0.4) is 0 Å². The zero-order valence-corrected chi connectivity index (χ0v) is 21.1. The van der Waals surface area contributed by atoms with Gasteiger partial charge in [0.1, 0.15) is 6.54 Å². The van der Waals surface area contributed by atoms with E-state index in [2.05, 4.69) is 14.2 Å². The van der Waals surface area contributed by atoms with Crippen LogP contribution in [-0.4, -0.2) is 119 Å². The summed E-state index contributed by atoms with van der Waals surface area (Å²) in [5.74, 6) is -0.532. The number of carbonyl (C=O) groups is 1. The molecule has 0 bridgehead atoms. The number of rotatable bonds is 21. The van der Waals surface area contributed by atoms with Crippen LogP contribution in [-0.2, 0) is 39.1 Å².